The number of halogens is 2. The number of nitrogens with one attached hydrogen (secondary N) is 1. The average molecular weight is 259 g/mol. The number of benzene rings is 1. The van der Waals surface area contributed by atoms with Crippen LogP contribution in [0.5, 0.6) is 0 Å². The Balaban J connectivity index is 2.59. The molecule has 0 atom stereocenters. The largest absolute Gasteiger partial charge is 0.398 e. The Hall–Kier alpha value is -1.10. The minimum Gasteiger partial charge on any atom is -0.398 e. The first-order chi connectivity index (χ1) is 6.59. The lowest BCUT2D eigenvalue weighted by Gasteiger charge is -2.18. The molecule has 0 aliphatic carbocycles. The summed E-state index contributed by atoms with van der Waals surface area (Å²) in [6.45, 7) is 0. The van der Waals surface area contributed by atoms with Crippen LogP contribution in [0.15, 0.2) is 10.5 Å². The Morgan fingerprint density at radius 2 is 2.21 bits per heavy atom. The highest BCUT2D eigenvalue weighted by Gasteiger charge is 2.21. The number of anilines is 2. The summed E-state index contributed by atoms with van der Waals surface area (Å²) >= 11 is 3.06. The van der Waals surface area contributed by atoms with Crippen molar-refractivity contribution in [3.63, 3.8) is 0 Å². The van der Waals surface area contributed by atoms with E-state index >= 15 is 0 Å². The molecule has 0 saturated heterocycles. The molecule has 5 heteroatoms. The van der Waals surface area contributed by atoms with Gasteiger partial charge >= 0.3 is 0 Å². The van der Waals surface area contributed by atoms with Crippen molar-refractivity contribution in [1.82, 2.24) is 0 Å². The maximum absolute atomic E-state index is 13.6. The van der Waals surface area contributed by atoms with Gasteiger partial charge in [-0.05, 0) is 28.4 Å². The second-order valence-electron chi connectivity index (χ2n) is 3.17. The van der Waals surface area contributed by atoms with Crippen LogP contribution in [0.25, 0.3) is 0 Å². The summed E-state index contributed by atoms with van der Waals surface area (Å²) in [6, 6.07) is 1.57. The van der Waals surface area contributed by atoms with Crippen LogP contribution in [0.4, 0.5) is 15.8 Å². The van der Waals surface area contributed by atoms with Crippen molar-refractivity contribution in [2.24, 2.45) is 0 Å². The van der Waals surface area contributed by atoms with Gasteiger partial charge in [-0.2, -0.15) is 0 Å². The van der Waals surface area contributed by atoms with Crippen molar-refractivity contribution < 1.29 is 9.18 Å². The first kappa shape index (κ1) is 9.45. The second-order valence-corrected chi connectivity index (χ2v) is 3.96. The predicted octanol–water partition coefficient (Wildman–Crippen LogP) is 2.06. The van der Waals surface area contributed by atoms with Crippen LogP contribution in [-0.4, -0.2) is 5.91 Å². The number of amides is 1. The van der Waals surface area contributed by atoms with Gasteiger partial charge in [0.15, 0.2) is 0 Å². The Kier molecular flexibility index (Phi) is 2.19. The van der Waals surface area contributed by atoms with Crippen molar-refractivity contribution in [3.05, 3.63) is 21.9 Å². The van der Waals surface area contributed by atoms with Gasteiger partial charge in [0.25, 0.3) is 0 Å². The van der Waals surface area contributed by atoms with Crippen LogP contribution in [0.3, 0.4) is 0 Å². The SMILES string of the molecule is Nc1cc2c(c(F)c1Br)CCC(=O)N2. The van der Waals surface area contributed by atoms with E-state index in [0.717, 1.165) is 0 Å². The third-order valence-electron chi connectivity index (χ3n) is 2.21. The van der Waals surface area contributed by atoms with Gasteiger partial charge in [0.05, 0.1) is 10.2 Å². The Bertz CT molecular complexity index is 420. The number of hydrogen-bond acceptors (Lipinski definition) is 2. The molecule has 0 bridgehead atoms. The van der Waals surface area contributed by atoms with E-state index in [2.05, 4.69) is 21.2 Å². The quantitative estimate of drug-likeness (QED) is 0.700. The second kappa shape index (κ2) is 3.24. The molecule has 3 nitrogen and oxygen atoms in total. The van der Waals surface area contributed by atoms with Gasteiger partial charge < -0.3 is 11.1 Å². The zero-order valence-corrected chi connectivity index (χ0v) is 8.82. The Morgan fingerprint density at radius 3 is 2.93 bits per heavy atom. The van der Waals surface area contributed by atoms with Crippen LogP contribution < -0.4 is 11.1 Å². The normalized spacial score (nSPS) is 14.9. The smallest absolute Gasteiger partial charge is 0.224 e. The van der Waals surface area contributed by atoms with Crippen LogP contribution in [0, 0.1) is 5.82 Å². The zero-order valence-electron chi connectivity index (χ0n) is 7.23. The molecule has 0 radical (unpaired) electrons. The molecule has 1 aliphatic heterocycles. The van der Waals surface area contributed by atoms with E-state index < -0.39 is 0 Å². The molecular weight excluding hydrogens is 251 g/mol. The summed E-state index contributed by atoms with van der Waals surface area (Å²) in [7, 11) is 0. The molecule has 3 N–H and O–H groups in total. The van der Waals surface area contributed by atoms with Crippen LogP contribution >= 0.6 is 15.9 Å². The molecule has 1 aliphatic rings. The molecule has 0 aromatic heterocycles. The van der Waals surface area contributed by atoms with Crippen LogP contribution in [0.2, 0.25) is 0 Å². The highest BCUT2D eigenvalue weighted by Crippen LogP contribution is 2.34. The summed E-state index contributed by atoms with van der Waals surface area (Å²) in [4.78, 5) is 11.0. The number of carbonyl (C=O) groups excluding carboxylic acids is 1. The molecule has 0 fully saturated rings. The molecule has 0 spiro atoms. The molecule has 1 aromatic carbocycles. The summed E-state index contributed by atoms with van der Waals surface area (Å²) in [5, 5.41) is 2.59. The van der Waals surface area contributed by atoms with Gasteiger partial charge in [-0.15, -0.1) is 0 Å². The highest BCUT2D eigenvalue weighted by molar-refractivity contribution is 9.10. The van der Waals surface area contributed by atoms with E-state index in [1.807, 2.05) is 0 Å². The maximum Gasteiger partial charge on any atom is 0.224 e. The van der Waals surface area contributed by atoms with Gasteiger partial charge in [-0.1, -0.05) is 0 Å². The molecule has 1 heterocycles. The van der Waals surface area contributed by atoms with Gasteiger partial charge in [0.1, 0.15) is 5.82 Å². The van der Waals surface area contributed by atoms with Crippen molar-refractivity contribution >= 4 is 33.2 Å². The van der Waals surface area contributed by atoms with Crippen molar-refractivity contribution in [2.75, 3.05) is 11.1 Å². The van der Waals surface area contributed by atoms with Gasteiger partial charge in [-0.3, -0.25) is 4.79 Å². The lowest BCUT2D eigenvalue weighted by Crippen LogP contribution is -2.20. The fourth-order valence-electron chi connectivity index (χ4n) is 1.49. The number of nitrogen functional groups attached to an aromatic ring is 1. The summed E-state index contributed by atoms with van der Waals surface area (Å²) in [6.07, 6.45) is 0.742. The third-order valence-corrected chi connectivity index (χ3v) is 3.02. The van der Waals surface area contributed by atoms with E-state index in [1.54, 1.807) is 6.07 Å². The first-order valence-corrected chi connectivity index (χ1v) is 4.95. The maximum atomic E-state index is 13.6. The van der Waals surface area contributed by atoms with E-state index in [0.29, 0.717) is 29.8 Å². The standard InChI is InChI=1S/C9H8BrFN2O/c10-8-5(12)3-6-4(9(8)11)1-2-7(14)13-6/h3H,1-2,12H2,(H,13,14). The first-order valence-electron chi connectivity index (χ1n) is 4.16. The van der Waals surface area contributed by atoms with E-state index in [9.17, 15) is 9.18 Å². The molecule has 2 rings (SSSR count). The Morgan fingerprint density at radius 1 is 1.50 bits per heavy atom. The molecular formula is C9H8BrFN2O. The molecule has 14 heavy (non-hydrogen) atoms. The minimum atomic E-state index is -0.375. The van der Waals surface area contributed by atoms with Crippen molar-refractivity contribution in [3.8, 4) is 0 Å². The lowest BCUT2D eigenvalue weighted by molar-refractivity contribution is -0.116. The zero-order chi connectivity index (χ0) is 10.3. The number of fused-ring (bicyclic) bond motifs is 1. The number of nitrogens with two attached hydrogens (primary N) is 1. The summed E-state index contributed by atoms with van der Waals surface area (Å²) in [5.74, 6) is -0.473. The van der Waals surface area contributed by atoms with E-state index in [1.165, 1.54) is 0 Å². The fraction of sp³-hybridized carbons (Fsp3) is 0.222. The van der Waals surface area contributed by atoms with Crippen LogP contribution in [-0.2, 0) is 11.2 Å². The fourth-order valence-corrected chi connectivity index (χ4v) is 1.84. The van der Waals surface area contributed by atoms with Crippen molar-refractivity contribution in [2.45, 2.75) is 12.8 Å². The van der Waals surface area contributed by atoms with Gasteiger partial charge in [0, 0.05) is 17.7 Å². The summed E-state index contributed by atoms with van der Waals surface area (Å²) < 4.78 is 13.9. The molecule has 1 aromatic rings. The highest BCUT2D eigenvalue weighted by atomic mass is 79.9. The molecule has 1 amide bonds. The molecule has 0 unspecified atom stereocenters. The van der Waals surface area contributed by atoms with Crippen LogP contribution in [0.1, 0.15) is 12.0 Å². The molecule has 0 saturated carbocycles. The van der Waals surface area contributed by atoms with E-state index in [4.69, 9.17) is 5.73 Å². The minimum absolute atomic E-state index is 0.0985. The average Bonchev–Trinajstić information content (AvgIpc) is 2.14. The Labute approximate surface area is 88.6 Å². The van der Waals surface area contributed by atoms with Gasteiger partial charge in [-0.25, -0.2) is 4.39 Å². The van der Waals surface area contributed by atoms with Gasteiger partial charge in [0.2, 0.25) is 5.91 Å². The predicted molar refractivity (Wildman–Crippen MR) is 55.5 cm³/mol. The third kappa shape index (κ3) is 1.37. The number of hydrogen-bond donors (Lipinski definition) is 2. The number of carbonyl (C=O) groups is 1. The number of rotatable bonds is 0. The summed E-state index contributed by atoms with van der Waals surface area (Å²) in [5.41, 5.74) is 6.85. The molecule has 74 valence electrons. The van der Waals surface area contributed by atoms with Crippen molar-refractivity contribution in [1.29, 1.82) is 0 Å². The lowest BCUT2D eigenvalue weighted by atomic mass is 10.0. The van der Waals surface area contributed by atoms with E-state index in [-0.39, 0.29) is 16.2 Å². The monoisotopic (exact) mass is 258 g/mol. The topological polar surface area (TPSA) is 55.1 Å².